The van der Waals surface area contributed by atoms with Gasteiger partial charge in [-0.2, -0.15) is 0 Å². The van der Waals surface area contributed by atoms with Crippen molar-refractivity contribution in [3.05, 3.63) is 65.2 Å². The monoisotopic (exact) mass is 284 g/mol. The number of benzene rings is 2. The molecule has 0 unspecified atom stereocenters. The summed E-state index contributed by atoms with van der Waals surface area (Å²) in [5.74, 6) is 0. The van der Waals surface area contributed by atoms with E-state index in [9.17, 15) is 9.90 Å². The van der Waals surface area contributed by atoms with Gasteiger partial charge in [0.05, 0.1) is 6.10 Å². The van der Waals surface area contributed by atoms with Crippen molar-refractivity contribution in [3.63, 3.8) is 0 Å². The van der Waals surface area contributed by atoms with Crippen LogP contribution in [0.1, 0.15) is 22.8 Å². The topological polar surface area (TPSA) is 61.4 Å². The van der Waals surface area contributed by atoms with E-state index in [1.165, 1.54) is 0 Å². The van der Waals surface area contributed by atoms with E-state index in [0.717, 1.165) is 22.4 Å². The Morgan fingerprint density at radius 3 is 2.33 bits per heavy atom. The average Bonchev–Trinajstić information content (AvgIpc) is 2.44. The van der Waals surface area contributed by atoms with E-state index in [0.29, 0.717) is 0 Å². The molecule has 21 heavy (non-hydrogen) atoms. The van der Waals surface area contributed by atoms with Crippen LogP contribution in [-0.4, -0.2) is 17.7 Å². The second kappa shape index (κ2) is 6.90. The zero-order chi connectivity index (χ0) is 15.2. The summed E-state index contributed by atoms with van der Waals surface area (Å²) < 4.78 is 0. The highest BCUT2D eigenvalue weighted by Crippen LogP contribution is 2.14. The summed E-state index contributed by atoms with van der Waals surface area (Å²) in [5, 5.41) is 15.4. The van der Waals surface area contributed by atoms with E-state index in [1.807, 2.05) is 62.4 Å². The molecule has 1 atom stereocenters. The van der Waals surface area contributed by atoms with Crippen LogP contribution in [0.25, 0.3) is 0 Å². The molecule has 0 saturated heterocycles. The minimum atomic E-state index is -0.712. The lowest BCUT2D eigenvalue weighted by molar-refractivity contribution is 0.175. The molecular weight excluding hydrogens is 264 g/mol. The molecule has 0 fully saturated rings. The van der Waals surface area contributed by atoms with Crippen LogP contribution in [0.4, 0.5) is 10.5 Å². The van der Waals surface area contributed by atoms with E-state index >= 15 is 0 Å². The first-order valence-electron chi connectivity index (χ1n) is 6.91. The summed E-state index contributed by atoms with van der Waals surface area (Å²) >= 11 is 0. The number of anilines is 1. The van der Waals surface area contributed by atoms with E-state index in [1.54, 1.807) is 0 Å². The largest absolute Gasteiger partial charge is 0.387 e. The first-order chi connectivity index (χ1) is 10.0. The lowest BCUT2D eigenvalue weighted by Gasteiger charge is -2.13. The van der Waals surface area contributed by atoms with Crippen LogP contribution in [-0.2, 0) is 0 Å². The molecule has 4 heteroatoms. The van der Waals surface area contributed by atoms with Gasteiger partial charge in [-0.3, -0.25) is 0 Å². The molecule has 110 valence electrons. The third-order valence-corrected chi connectivity index (χ3v) is 3.12. The van der Waals surface area contributed by atoms with Crippen molar-refractivity contribution in [1.82, 2.24) is 5.32 Å². The maximum absolute atomic E-state index is 11.8. The van der Waals surface area contributed by atoms with Gasteiger partial charge in [0.25, 0.3) is 0 Å². The van der Waals surface area contributed by atoms with Crippen LogP contribution in [0.5, 0.6) is 0 Å². The Bertz CT molecular complexity index is 591. The molecule has 0 aliphatic carbocycles. The average molecular weight is 284 g/mol. The molecule has 4 nitrogen and oxygen atoms in total. The molecule has 0 radical (unpaired) electrons. The van der Waals surface area contributed by atoms with Crippen molar-refractivity contribution in [2.24, 2.45) is 0 Å². The number of aliphatic hydroxyl groups is 1. The van der Waals surface area contributed by atoms with Crippen molar-refractivity contribution in [1.29, 1.82) is 0 Å². The van der Waals surface area contributed by atoms with E-state index in [2.05, 4.69) is 10.6 Å². The van der Waals surface area contributed by atoms with Crippen molar-refractivity contribution >= 4 is 11.7 Å². The van der Waals surface area contributed by atoms with Gasteiger partial charge in [-0.25, -0.2) is 4.79 Å². The molecule has 2 aromatic rings. The Hall–Kier alpha value is -2.33. The van der Waals surface area contributed by atoms with Crippen LogP contribution in [0.15, 0.2) is 48.5 Å². The number of nitrogens with one attached hydrogen (secondary N) is 2. The van der Waals surface area contributed by atoms with Crippen molar-refractivity contribution in [3.8, 4) is 0 Å². The molecular formula is C17H20N2O2. The molecule has 0 heterocycles. The summed E-state index contributed by atoms with van der Waals surface area (Å²) in [5.41, 5.74) is 3.72. The number of hydrogen-bond acceptors (Lipinski definition) is 2. The maximum atomic E-state index is 11.8. The second-order valence-corrected chi connectivity index (χ2v) is 5.14. The molecule has 0 aromatic heterocycles. The maximum Gasteiger partial charge on any atom is 0.319 e. The Kier molecular flexibility index (Phi) is 4.95. The SMILES string of the molecule is Cc1cc(C)cc(NC(=O)NC[C@H](O)c2ccccc2)c1. The molecule has 2 rings (SSSR count). The van der Waals surface area contributed by atoms with E-state index in [4.69, 9.17) is 0 Å². The predicted octanol–water partition coefficient (Wildman–Crippen LogP) is 3.16. The molecule has 2 amide bonds. The molecule has 0 bridgehead atoms. The first kappa shape index (κ1) is 15.1. The van der Waals surface area contributed by atoms with Gasteiger partial charge in [-0.15, -0.1) is 0 Å². The predicted molar refractivity (Wildman–Crippen MR) is 84.3 cm³/mol. The summed E-state index contributed by atoms with van der Waals surface area (Å²) in [6, 6.07) is 14.8. The van der Waals surface area contributed by atoms with Gasteiger partial charge in [0.15, 0.2) is 0 Å². The zero-order valence-corrected chi connectivity index (χ0v) is 12.3. The van der Waals surface area contributed by atoms with Crippen LogP contribution in [0, 0.1) is 13.8 Å². The minimum Gasteiger partial charge on any atom is -0.387 e. The summed E-state index contributed by atoms with van der Waals surface area (Å²) in [4.78, 5) is 11.8. The number of aryl methyl sites for hydroxylation is 2. The smallest absolute Gasteiger partial charge is 0.319 e. The highest BCUT2D eigenvalue weighted by Gasteiger charge is 2.09. The molecule has 2 aromatic carbocycles. The Morgan fingerprint density at radius 2 is 1.71 bits per heavy atom. The Labute approximate surface area is 124 Å². The highest BCUT2D eigenvalue weighted by molar-refractivity contribution is 5.89. The van der Waals surface area contributed by atoms with Crippen molar-refractivity contribution in [2.75, 3.05) is 11.9 Å². The molecule has 0 aliphatic heterocycles. The minimum absolute atomic E-state index is 0.167. The number of carbonyl (C=O) groups excluding carboxylic acids is 1. The zero-order valence-electron chi connectivity index (χ0n) is 12.3. The van der Waals surface area contributed by atoms with Gasteiger partial charge in [-0.1, -0.05) is 36.4 Å². The summed E-state index contributed by atoms with van der Waals surface area (Å²) in [6.45, 7) is 4.13. The fourth-order valence-corrected chi connectivity index (χ4v) is 2.20. The van der Waals surface area contributed by atoms with Gasteiger partial charge in [0, 0.05) is 12.2 Å². The Balaban J connectivity index is 1.87. The van der Waals surface area contributed by atoms with Gasteiger partial charge < -0.3 is 15.7 Å². The van der Waals surface area contributed by atoms with Crippen molar-refractivity contribution < 1.29 is 9.90 Å². The number of hydrogen-bond donors (Lipinski definition) is 3. The highest BCUT2D eigenvalue weighted by atomic mass is 16.3. The van der Waals surface area contributed by atoms with Crippen molar-refractivity contribution in [2.45, 2.75) is 20.0 Å². The lowest BCUT2D eigenvalue weighted by Crippen LogP contribution is -2.32. The number of carbonyl (C=O) groups is 1. The quantitative estimate of drug-likeness (QED) is 0.807. The van der Waals surface area contributed by atoms with E-state index in [-0.39, 0.29) is 12.6 Å². The van der Waals surface area contributed by atoms with Gasteiger partial charge in [0.2, 0.25) is 0 Å². The van der Waals surface area contributed by atoms with Gasteiger partial charge >= 0.3 is 6.03 Å². The molecule has 3 N–H and O–H groups in total. The first-order valence-corrected chi connectivity index (χ1v) is 6.91. The molecule has 0 spiro atoms. The number of urea groups is 1. The number of amides is 2. The van der Waals surface area contributed by atoms with Crippen LogP contribution < -0.4 is 10.6 Å². The lowest BCUT2D eigenvalue weighted by atomic mass is 10.1. The Morgan fingerprint density at radius 1 is 1.10 bits per heavy atom. The number of aliphatic hydroxyl groups excluding tert-OH is 1. The standard InChI is InChI=1S/C17H20N2O2/c1-12-8-13(2)10-15(9-12)19-17(21)18-11-16(20)14-6-4-3-5-7-14/h3-10,16,20H,11H2,1-2H3,(H2,18,19,21)/t16-/m0/s1. The van der Waals surface area contributed by atoms with Gasteiger partial charge in [0.1, 0.15) is 0 Å². The molecule has 0 saturated carbocycles. The normalized spacial score (nSPS) is 11.8. The van der Waals surface area contributed by atoms with Crippen LogP contribution in [0.2, 0.25) is 0 Å². The van der Waals surface area contributed by atoms with Gasteiger partial charge in [-0.05, 0) is 42.7 Å². The fraction of sp³-hybridized carbons (Fsp3) is 0.235. The van der Waals surface area contributed by atoms with Crippen LogP contribution >= 0.6 is 0 Å². The second-order valence-electron chi connectivity index (χ2n) is 5.14. The van der Waals surface area contributed by atoms with E-state index < -0.39 is 6.10 Å². The summed E-state index contributed by atoms with van der Waals surface area (Å²) in [7, 11) is 0. The summed E-state index contributed by atoms with van der Waals surface area (Å²) in [6.07, 6.45) is -0.712. The number of rotatable bonds is 4. The molecule has 0 aliphatic rings. The van der Waals surface area contributed by atoms with Crippen LogP contribution in [0.3, 0.4) is 0 Å². The third kappa shape index (κ3) is 4.61. The third-order valence-electron chi connectivity index (χ3n) is 3.12. The fourth-order valence-electron chi connectivity index (χ4n) is 2.20.